The summed E-state index contributed by atoms with van der Waals surface area (Å²) in [5, 5.41) is 8.15. The van der Waals surface area contributed by atoms with E-state index in [1.54, 1.807) is 30.7 Å². The number of aromatic nitrogens is 4. The first-order chi connectivity index (χ1) is 12.3. The zero-order chi connectivity index (χ0) is 17.1. The number of nitrogens with one attached hydrogen (secondary N) is 2. The maximum atomic E-state index is 12.5. The van der Waals surface area contributed by atoms with Crippen molar-refractivity contribution in [2.24, 2.45) is 0 Å². The van der Waals surface area contributed by atoms with Gasteiger partial charge in [-0.1, -0.05) is 0 Å². The molecule has 0 radical (unpaired) electrons. The number of fused-ring (bicyclic) bond motifs is 1. The number of nitrogens with zero attached hydrogens (tertiary/aromatic N) is 4. The van der Waals surface area contributed by atoms with Gasteiger partial charge in [-0.15, -0.1) is 0 Å². The number of H-pyrrole nitrogens is 1. The van der Waals surface area contributed by atoms with E-state index in [2.05, 4.69) is 25.3 Å². The van der Waals surface area contributed by atoms with Gasteiger partial charge in [0.2, 0.25) is 0 Å². The third-order valence-electron chi connectivity index (χ3n) is 4.36. The quantitative estimate of drug-likeness (QED) is 0.732. The van der Waals surface area contributed by atoms with Gasteiger partial charge in [0.05, 0.1) is 26.0 Å². The van der Waals surface area contributed by atoms with Crippen LogP contribution in [-0.4, -0.2) is 63.4 Å². The molecule has 1 amide bonds. The molecule has 3 aromatic heterocycles. The van der Waals surface area contributed by atoms with Gasteiger partial charge in [-0.05, 0) is 12.1 Å². The van der Waals surface area contributed by atoms with E-state index < -0.39 is 0 Å². The molecule has 0 aromatic carbocycles. The lowest BCUT2D eigenvalue weighted by atomic mass is 10.3. The van der Waals surface area contributed by atoms with Crippen molar-refractivity contribution < 1.29 is 9.53 Å². The van der Waals surface area contributed by atoms with Crippen LogP contribution in [0.5, 0.6) is 0 Å². The second-order valence-corrected chi connectivity index (χ2v) is 5.99. The van der Waals surface area contributed by atoms with E-state index in [4.69, 9.17) is 4.74 Å². The first-order valence-electron chi connectivity index (χ1n) is 8.35. The predicted molar refractivity (Wildman–Crippen MR) is 93.5 cm³/mol. The molecule has 0 bridgehead atoms. The fourth-order valence-electron chi connectivity index (χ4n) is 2.96. The Morgan fingerprint density at radius 2 is 2.12 bits per heavy atom. The van der Waals surface area contributed by atoms with Crippen LogP contribution in [0.2, 0.25) is 0 Å². The minimum atomic E-state index is -0.190. The molecular weight excluding hydrogens is 320 g/mol. The molecule has 1 fully saturated rings. The average Bonchev–Trinajstić information content (AvgIpc) is 3.27. The van der Waals surface area contributed by atoms with Gasteiger partial charge in [0.25, 0.3) is 5.91 Å². The van der Waals surface area contributed by atoms with Crippen LogP contribution in [0, 0.1) is 0 Å². The van der Waals surface area contributed by atoms with Gasteiger partial charge in [0, 0.05) is 49.0 Å². The van der Waals surface area contributed by atoms with Gasteiger partial charge in [0.1, 0.15) is 11.5 Å². The van der Waals surface area contributed by atoms with E-state index >= 15 is 0 Å². The maximum Gasteiger partial charge on any atom is 0.273 e. The Hall–Kier alpha value is -2.71. The molecule has 0 saturated carbocycles. The largest absolute Gasteiger partial charge is 0.379 e. The highest BCUT2D eigenvalue weighted by Gasteiger charge is 2.14. The van der Waals surface area contributed by atoms with Crippen molar-refractivity contribution in [1.82, 2.24) is 24.6 Å². The van der Waals surface area contributed by atoms with E-state index in [0.717, 1.165) is 50.3 Å². The van der Waals surface area contributed by atoms with Gasteiger partial charge >= 0.3 is 0 Å². The number of morpholine rings is 1. The van der Waals surface area contributed by atoms with Gasteiger partial charge in [-0.3, -0.25) is 14.7 Å². The summed E-state index contributed by atoms with van der Waals surface area (Å²) in [6.45, 7) is 5.03. The van der Waals surface area contributed by atoms with Crippen LogP contribution in [0.3, 0.4) is 0 Å². The normalized spacial score (nSPS) is 15.5. The topological polar surface area (TPSA) is 88.1 Å². The first kappa shape index (κ1) is 15.8. The molecule has 8 nitrogen and oxygen atoms in total. The van der Waals surface area contributed by atoms with Crippen LogP contribution < -0.4 is 5.32 Å². The van der Waals surface area contributed by atoms with E-state index in [-0.39, 0.29) is 5.91 Å². The maximum absolute atomic E-state index is 12.5. The third-order valence-corrected chi connectivity index (χ3v) is 4.36. The van der Waals surface area contributed by atoms with Crippen LogP contribution in [-0.2, 0) is 11.3 Å². The standard InChI is InChI=1S/C17H20N6O2/c24-17(15-11-13-12-18-3-1-14(13)20-15)21-16-2-4-19-23(16)6-5-22-7-9-25-10-8-22/h1-4,11-12,20H,5-10H2,(H,21,24). The summed E-state index contributed by atoms with van der Waals surface area (Å²) in [6.07, 6.45) is 5.13. The second kappa shape index (κ2) is 7.04. The zero-order valence-corrected chi connectivity index (χ0v) is 13.8. The van der Waals surface area contributed by atoms with Crippen molar-refractivity contribution in [1.29, 1.82) is 0 Å². The van der Waals surface area contributed by atoms with Crippen molar-refractivity contribution in [2.75, 3.05) is 38.2 Å². The van der Waals surface area contributed by atoms with Crippen LogP contribution in [0.1, 0.15) is 10.5 Å². The van der Waals surface area contributed by atoms with E-state index in [9.17, 15) is 4.79 Å². The monoisotopic (exact) mass is 340 g/mol. The molecule has 25 heavy (non-hydrogen) atoms. The van der Waals surface area contributed by atoms with Crippen LogP contribution in [0.25, 0.3) is 10.9 Å². The van der Waals surface area contributed by atoms with Gasteiger partial charge in [-0.2, -0.15) is 5.10 Å². The van der Waals surface area contributed by atoms with Crippen molar-refractivity contribution in [2.45, 2.75) is 6.54 Å². The lowest BCUT2D eigenvalue weighted by molar-refractivity contribution is 0.0360. The summed E-state index contributed by atoms with van der Waals surface area (Å²) in [7, 11) is 0. The zero-order valence-electron chi connectivity index (χ0n) is 13.8. The number of hydrogen-bond acceptors (Lipinski definition) is 5. The summed E-state index contributed by atoms with van der Waals surface area (Å²) < 4.78 is 7.18. The van der Waals surface area contributed by atoms with Crippen molar-refractivity contribution in [3.63, 3.8) is 0 Å². The Labute approximate surface area is 144 Å². The van der Waals surface area contributed by atoms with Crippen molar-refractivity contribution >= 4 is 22.6 Å². The number of carbonyl (C=O) groups excluding carboxylic acids is 1. The Balaban J connectivity index is 1.42. The van der Waals surface area contributed by atoms with E-state index in [0.29, 0.717) is 11.5 Å². The molecule has 1 aliphatic heterocycles. The van der Waals surface area contributed by atoms with E-state index in [1.807, 2.05) is 10.7 Å². The van der Waals surface area contributed by atoms with Gasteiger partial charge in [0.15, 0.2) is 0 Å². The predicted octanol–water partition coefficient (Wildman–Crippen LogP) is 1.34. The number of pyridine rings is 1. The summed E-state index contributed by atoms with van der Waals surface area (Å²) >= 11 is 0. The Kier molecular flexibility index (Phi) is 4.45. The SMILES string of the molecule is O=C(Nc1ccnn1CCN1CCOCC1)c1cc2cnccc2[nH]1. The molecule has 4 heterocycles. The van der Waals surface area contributed by atoms with Crippen LogP contribution in [0.4, 0.5) is 5.82 Å². The molecule has 2 N–H and O–H groups in total. The molecule has 0 aliphatic carbocycles. The fourth-order valence-corrected chi connectivity index (χ4v) is 2.96. The molecule has 1 aliphatic rings. The number of carbonyl (C=O) groups is 1. The minimum absolute atomic E-state index is 0.190. The number of aromatic amines is 1. The molecule has 0 atom stereocenters. The molecule has 8 heteroatoms. The third kappa shape index (κ3) is 3.54. The average molecular weight is 340 g/mol. The summed E-state index contributed by atoms with van der Waals surface area (Å²) in [5.41, 5.74) is 1.39. The summed E-state index contributed by atoms with van der Waals surface area (Å²) in [6, 6.07) is 5.45. The number of hydrogen-bond donors (Lipinski definition) is 2. The Bertz CT molecular complexity index is 832. The molecule has 0 unspecified atom stereocenters. The Morgan fingerprint density at radius 1 is 1.24 bits per heavy atom. The smallest absolute Gasteiger partial charge is 0.273 e. The fraction of sp³-hybridized carbons (Fsp3) is 0.353. The first-order valence-corrected chi connectivity index (χ1v) is 8.35. The van der Waals surface area contributed by atoms with Gasteiger partial charge < -0.3 is 15.0 Å². The molecule has 4 rings (SSSR count). The highest BCUT2D eigenvalue weighted by Crippen LogP contribution is 2.15. The minimum Gasteiger partial charge on any atom is -0.379 e. The van der Waals surface area contributed by atoms with E-state index in [1.165, 1.54) is 0 Å². The molecule has 3 aromatic rings. The number of ether oxygens (including phenoxy) is 1. The van der Waals surface area contributed by atoms with Crippen molar-refractivity contribution in [3.05, 3.63) is 42.5 Å². The van der Waals surface area contributed by atoms with Crippen molar-refractivity contribution in [3.8, 4) is 0 Å². The molecule has 0 spiro atoms. The number of amides is 1. The lowest BCUT2D eigenvalue weighted by Gasteiger charge is -2.26. The molecule has 1 saturated heterocycles. The highest BCUT2D eigenvalue weighted by molar-refractivity contribution is 6.05. The van der Waals surface area contributed by atoms with Gasteiger partial charge in [-0.25, -0.2) is 4.68 Å². The Morgan fingerprint density at radius 3 is 2.96 bits per heavy atom. The second-order valence-electron chi connectivity index (χ2n) is 5.99. The molecule has 130 valence electrons. The number of anilines is 1. The lowest BCUT2D eigenvalue weighted by Crippen LogP contribution is -2.38. The van der Waals surface area contributed by atoms with Crippen LogP contribution in [0.15, 0.2) is 36.8 Å². The summed E-state index contributed by atoms with van der Waals surface area (Å²) in [5.74, 6) is 0.499. The van der Waals surface area contributed by atoms with Crippen LogP contribution >= 0.6 is 0 Å². The number of rotatable bonds is 5. The molecular formula is C17H20N6O2. The summed E-state index contributed by atoms with van der Waals surface area (Å²) in [4.78, 5) is 22.0. The highest BCUT2D eigenvalue weighted by atomic mass is 16.5.